The van der Waals surface area contributed by atoms with E-state index in [0.717, 1.165) is 49.1 Å². The molecule has 128 valence electrons. The van der Waals surface area contributed by atoms with Crippen molar-refractivity contribution >= 4 is 28.8 Å². The normalized spacial score (nSPS) is 15.4. The first-order valence-corrected chi connectivity index (χ1v) is 9.24. The minimum Gasteiger partial charge on any atom is -0.379 e. The Morgan fingerprint density at radius 1 is 1.33 bits per heavy atom. The smallest absolute Gasteiger partial charge is 0.226 e. The molecule has 1 N–H and O–H groups in total. The maximum Gasteiger partial charge on any atom is 0.226 e. The summed E-state index contributed by atoms with van der Waals surface area (Å²) in [5.41, 5.74) is 1.68. The van der Waals surface area contributed by atoms with Crippen LogP contribution < -0.4 is 5.32 Å². The van der Waals surface area contributed by atoms with Crippen LogP contribution in [0, 0.1) is 0 Å². The minimum atomic E-state index is -0.000678. The summed E-state index contributed by atoms with van der Waals surface area (Å²) in [5, 5.41) is 6.39. The molecule has 1 saturated heterocycles. The molecule has 1 aromatic heterocycles. The van der Waals surface area contributed by atoms with Gasteiger partial charge in [0.05, 0.1) is 30.4 Å². The van der Waals surface area contributed by atoms with Crippen LogP contribution in [0.3, 0.4) is 0 Å². The van der Waals surface area contributed by atoms with Gasteiger partial charge in [-0.2, -0.15) is 0 Å². The van der Waals surface area contributed by atoms with E-state index in [1.165, 1.54) is 11.3 Å². The van der Waals surface area contributed by atoms with Crippen molar-refractivity contribution in [3.8, 4) is 10.6 Å². The largest absolute Gasteiger partial charge is 0.379 e. The Labute approximate surface area is 150 Å². The quantitative estimate of drug-likeness (QED) is 0.854. The Hall–Kier alpha value is -1.47. The van der Waals surface area contributed by atoms with Gasteiger partial charge in [-0.3, -0.25) is 9.69 Å². The summed E-state index contributed by atoms with van der Waals surface area (Å²) in [4.78, 5) is 18.9. The predicted molar refractivity (Wildman–Crippen MR) is 96.5 cm³/mol. The maximum atomic E-state index is 12.1. The number of aromatic nitrogens is 1. The average molecular weight is 366 g/mol. The molecule has 7 heteroatoms. The lowest BCUT2D eigenvalue weighted by Crippen LogP contribution is -2.41. The van der Waals surface area contributed by atoms with Crippen molar-refractivity contribution in [3.05, 3.63) is 40.4 Å². The number of benzene rings is 1. The van der Waals surface area contributed by atoms with Crippen LogP contribution in [0.5, 0.6) is 0 Å². The van der Waals surface area contributed by atoms with Gasteiger partial charge < -0.3 is 10.1 Å². The van der Waals surface area contributed by atoms with Gasteiger partial charge in [0.25, 0.3) is 0 Å². The van der Waals surface area contributed by atoms with Crippen molar-refractivity contribution in [1.29, 1.82) is 0 Å². The lowest BCUT2D eigenvalue weighted by atomic mass is 10.2. The minimum absolute atomic E-state index is 0.000678. The summed E-state index contributed by atoms with van der Waals surface area (Å²) >= 11 is 7.70. The van der Waals surface area contributed by atoms with Crippen LogP contribution in [0.2, 0.25) is 5.02 Å². The van der Waals surface area contributed by atoms with Crippen molar-refractivity contribution in [2.45, 2.75) is 6.42 Å². The molecule has 0 unspecified atom stereocenters. The lowest BCUT2D eigenvalue weighted by molar-refractivity contribution is -0.120. The molecule has 2 aromatic rings. The number of thiazole rings is 1. The highest BCUT2D eigenvalue weighted by Crippen LogP contribution is 2.30. The van der Waals surface area contributed by atoms with E-state index in [1.54, 1.807) is 0 Å². The first-order valence-electron chi connectivity index (χ1n) is 7.98. The molecule has 1 aromatic carbocycles. The maximum absolute atomic E-state index is 12.1. The monoisotopic (exact) mass is 365 g/mol. The molecule has 24 heavy (non-hydrogen) atoms. The van der Waals surface area contributed by atoms with E-state index in [2.05, 4.69) is 15.2 Å². The molecule has 0 radical (unpaired) electrons. The van der Waals surface area contributed by atoms with Crippen LogP contribution in [0.15, 0.2) is 29.6 Å². The zero-order valence-corrected chi connectivity index (χ0v) is 14.9. The molecule has 1 aliphatic rings. The number of hydrogen-bond acceptors (Lipinski definition) is 5. The van der Waals surface area contributed by atoms with Gasteiger partial charge in [-0.15, -0.1) is 11.3 Å². The average Bonchev–Trinajstić information content (AvgIpc) is 3.04. The summed E-state index contributed by atoms with van der Waals surface area (Å²) in [6.07, 6.45) is 0.296. The van der Waals surface area contributed by atoms with Crippen molar-refractivity contribution in [2.75, 3.05) is 39.4 Å². The summed E-state index contributed by atoms with van der Waals surface area (Å²) < 4.78 is 5.31. The molecular formula is C17H20ClN3O2S. The molecule has 1 fully saturated rings. The molecule has 0 aliphatic carbocycles. The number of nitrogens with one attached hydrogen (secondary N) is 1. The zero-order chi connectivity index (χ0) is 16.8. The Balaban J connectivity index is 1.47. The number of ether oxygens (including phenoxy) is 1. The van der Waals surface area contributed by atoms with Crippen LogP contribution in [-0.2, 0) is 16.0 Å². The Bertz CT molecular complexity index is 686. The summed E-state index contributed by atoms with van der Waals surface area (Å²) in [6, 6.07) is 7.60. The van der Waals surface area contributed by atoms with Gasteiger partial charge in [-0.05, 0) is 6.07 Å². The Morgan fingerprint density at radius 3 is 2.92 bits per heavy atom. The van der Waals surface area contributed by atoms with Gasteiger partial charge in [0, 0.05) is 37.1 Å². The third-order valence-electron chi connectivity index (χ3n) is 3.85. The number of morpholine rings is 1. The van der Waals surface area contributed by atoms with Crippen molar-refractivity contribution in [3.63, 3.8) is 0 Å². The van der Waals surface area contributed by atoms with Crippen LogP contribution in [0.25, 0.3) is 10.6 Å². The molecule has 0 atom stereocenters. The van der Waals surface area contributed by atoms with Gasteiger partial charge in [-0.1, -0.05) is 29.8 Å². The van der Waals surface area contributed by atoms with E-state index in [4.69, 9.17) is 16.3 Å². The number of hydrogen-bond donors (Lipinski definition) is 1. The summed E-state index contributed by atoms with van der Waals surface area (Å²) in [5.74, 6) is -0.000678. The second kappa shape index (κ2) is 8.58. The van der Waals surface area contributed by atoms with Gasteiger partial charge >= 0.3 is 0 Å². The second-order valence-corrected chi connectivity index (χ2v) is 6.87. The third-order valence-corrected chi connectivity index (χ3v) is 5.11. The number of carbonyl (C=O) groups is 1. The molecule has 3 rings (SSSR count). The van der Waals surface area contributed by atoms with Gasteiger partial charge in [-0.25, -0.2) is 4.98 Å². The van der Waals surface area contributed by atoms with Crippen molar-refractivity contribution in [2.24, 2.45) is 0 Å². The second-order valence-electron chi connectivity index (χ2n) is 5.60. The zero-order valence-electron chi connectivity index (χ0n) is 13.3. The van der Waals surface area contributed by atoms with E-state index in [-0.39, 0.29) is 5.91 Å². The van der Waals surface area contributed by atoms with Gasteiger partial charge in [0.2, 0.25) is 5.91 Å². The van der Waals surface area contributed by atoms with Gasteiger partial charge in [0.1, 0.15) is 5.01 Å². The van der Waals surface area contributed by atoms with E-state index in [9.17, 15) is 4.79 Å². The molecule has 0 spiro atoms. The van der Waals surface area contributed by atoms with E-state index >= 15 is 0 Å². The highest BCUT2D eigenvalue weighted by atomic mass is 35.5. The lowest BCUT2D eigenvalue weighted by Gasteiger charge is -2.26. The Morgan fingerprint density at radius 2 is 2.12 bits per heavy atom. The number of nitrogens with zero attached hydrogens (tertiary/aromatic N) is 2. The first kappa shape index (κ1) is 17.4. The first-order chi connectivity index (χ1) is 11.7. The molecule has 1 amide bonds. The fourth-order valence-electron chi connectivity index (χ4n) is 2.55. The topological polar surface area (TPSA) is 54.5 Å². The third kappa shape index (κ3) is 4.77. The molecule has 1 aliphatic heterocycles. The SMILES string of the molecule is O=C(Cc1csc(-c2ccccc2Cl)n1)NCCN1CCOCC1. The van der Waals surface area contributed by atoms with E-state index in [1.807, 2.05) is 29.6 Å². The number of carbonyl (C=O) groups excluding carboxylic acids is 1. The standard InChI is InChI=1S/C17H20ClN3O2S/c18-15-4-2-1-3-14(15)17-20-13(12-24-17)11-16(22)19-5-6-21-7-9-23-10-8-21/h1-4,12H,5-11H2,(H,19,22). The molecule has 0 saturated carbocycles. The highest BCUT2D eigenvalue weighted by molar-refractivity contribution is 7.13. The van der Waals surface area contributed by atoms with Gasteiger partial charge in [0.15, 0.2) is 0 Å². The summed E-state index contributed by atoms with van der Waals surface area (Å²) in [7, 11) is 0. The molecular weight excluding hydrogens is 346 g/mol. The van der Waals surface area contributed by atoms with E-state index in [0.29, 0.717) is 18.0 Å². The van der Waals surface area contributed by atoms with Crippen molar-refractivity contribution in [1.82, 2.24) is 15.2 Å². The van der Waals surface area contributed by atoms with Crippen LogP contribution >= 0.6 is 22.9 Å². The van der Waals surface area contributed by atoms with E-state index < -0.39 is 0 Å². The highest BCUT2D eigenvalue weighted by Gasteiger charge is 2.12. The van der Waals surface area contributed by atoms with Crippen LogP contribution in [-0.4, -0.2) is 55.2 Å². The fourth-order valence-corrected chi connectivity index (χ4v) is 3.69. The molecule has 2 heterocycles. The number of rotatable bonds is 6. The van der Waals surface area contributed by atoms with Crippen molar-refractivity contribution < 1.29 is 9.53 Å². The molecule has 5 nitrogen and oxygen atoms in total. The molecule has 0 bridgehead atoms. The van der Waals surface area contributed by atoms with Crippen LogP contribution in [0.4, 0.5) is 0 Å². The Kier molecular flexibility index (Phi) is 6.20. The number of halogens is 1. The predicted octanol–water partition coefficient (Wildman–Crippen LogP) is 2.45. The fraction of sp³-hybridized carbons (Fsp3) is 0.412. The number of amides is 1. The summed E-state index contributed by atoms with van der Waals surface area (Å²) in [6.45, 7) is 4.93. The van der Waals surface area contributed by atoms with Crippen LogP contribution in [0.1, 0.15) is 5.69 Å².